The molecule has 2 aliphatic rings. The van der Waals surface area contributed by atoms with E-state index < -0.39 is 9.84 Å². The molecule has 1 heterocycles. The van der Waals surface area contributed by atoms with E-state index in [1.165, 1.54) is 23.4 Å². The van der Waals surface area contributed by atoms with E-state index in [0.717, 1.165) is 29.7 Å². The number of sulfone groups is 1. The number of rotatable bonds is 6. The maximum absolute atomic E-state index is 12.8. The van der Waals surface area contributed by atoms with Crippen molar-refractivity contribution in [2.45, 2.75) is 60.1 Å². The predicted octanol–water partition coefficient (Wildman–Crippen LogP) is 3.87. The minimum atomic E-state index is -3.65. The molecule has 0 aromatic heterocycles. The highest BCUT2D eigenvalue weighted by Gasteiger charge is 2.27. The summed E-state index contributed by atoms with van der Waals surface area (Å²) in [6.07, 6.45) is 3.46. The van der Waals surface area contributed by atoms with E-state index in [4.69, 9.17) is 0 Å². The first kappa shape index (κ1) is 21.9. The van der Waals surface area contributed by atoms with Gasteiger partial charge in [-0.05, 0) is 55.0 Å². The third-order valence-corrected chi connectivity index (χ3v) is 8.96. The zero-order valence-corrected chi connectivity index (χ0v) is 19.0. The van der Waals surface area contributed by atoms with Gasteiger partial charge >= 0.3 is 0 Å². The van der Waals surface area contributed by atoms with Gasteiger partial charge in [0.1, 0.15) is 0 Å². The summed E-state index contributed by atoms with van der Waals surface area (Å²) < 4.78 is 25.6. The highest BCUT2D eigenvalue weighted by Crippen LogP contribution is 2.38. The Labute approximate surface area is 187 Å². The predicted molar refractivity (Wildman–Crippen MR) is 122 cm³/mol. The van der Waals surface area contributed by atoms with Gasteiger partial charge in [0.05, 0.1) is 27.6 Å². The number of carbonyl (C=O) groups is 2. The Kier molecular flexibility index (Phi) is 6.39. The molecule has 0 spiro atoms. The molecule has 164 valence electrons. The maximum atomic E-state index is 12.8. The molecule has 0 bridgehead atoms. The Bertz CT molecular complexity index is 1110. The first-order valence-electron chi connectivity index (χ1n) is 10.6. The summed E-state index contributed by atoms with van der Waals surface area (Å²) in [5, 5.41) is 5.64. The molecule has 2 aromatic rings. The zero-order valence-electron chi connectivity index (χ0n) is 17.4. The molecule has 0 saturated carbocycles. The van der Waals surface area contributed by atoms with E-state index in [9.17, 15) is 18.0 Å². The van der Waals surface area contributed by atoms with Crippen LogP contribution in [0, 0.1) is 0 Å². The van der Waals surface area contributed by atoms with Gasteiger partial charge in [-0.1, -0.05) is 31.2 Å². The zero-order chi connectivity index (χ0) is 22.0. The van der Waals surface area contributed by atoms with Crippen molar-refractivity contribution in [3.8, 4) is 0 Å². The van der Waals surface area contributed by atoms with Gasteiger partial charge in [0, 0.05) is 11.3 Å². The number of benzene rings is 2. The largest absolute Gasteiger partial charge is 0.349 e. The minimum absolute atomic E-state index is 0.0670. The van der Waals surface area contributed by atoms with Crippen LogP contribution in [0.15, 0.2) is 52.3 Å². The highest BCUT2D eigenvalue weighted by atomic mass is 32.2. The number of fused-ring (bicyclic) bond motifs is 2. The van der Waals surface area contributed by atoms with Crippen molar-refractivity contribution in [3.05, 3.63) is 53.6 Å². The van der Waals surface area contributed by atoms with Gasteiger partial charge in [0.25, 0.3) is 0 Å². The van der Waals surface area contributed by atoms with Crippen LogP contribution in [0.5, 0.6) is 0 Å². The Hall–Kier alpha value is -2.32. The Morgan fingerprint density at radius 1 is 1.23 bits per heavy atom. The molecule has 1 aliphatic carbocycles. The molecule has 2 atom stereocenters. The number of hydrogen-bond acceptors (Lipinski definition) is 5. The molecule has 6 nitrogen and oxygen atoms in total. The Morgan fingerprint density at radius 2 is 2.03 bits per heavy atom. The van der Waals surface area contributed by atoms with Crippen molar-refractivity contribution in [2.24, 2.45) is 0 Å². The van der Waals surface area contributed by atoms with Crippen LogP contribution in [0.3, 0.4) is 0 Å². The molecular weight excluding hydrogens is 432 g/mol. The van der Waals surface area contributed by atoms with Crippen molar-refractivity contribution in [2.75, 3.05) is 11.1 Å². The van der Waals surface area contributed by atoms with Crippen LogP contribution >= 0.6 is 11.8 Å². The van der Waals surface area contributed by atoms with E-state index in [0.29, 0.717) is 12.1 Å². The molecule has 0 fully saturated rings. The normalized spacial score (nSPS) is 20.4. The van der Waals surface area contributed by atoms with E-state index in [-0.39, 0.29) is 40.2 Å². The Morgan fingerprint density at radius 3 is 2.84 bits per heavy atom. The van der Waals surface area contributed by atoms with Crippen LogP contribution in [-0.2, 0) is 25.8 Å². The number of nitrogens with one attached hydrogen (secondary N) is 2. The topological polar surface area (TPSA) is 92.3 Å². The van der Waals surface area contributed by atoms with Gasteiger partial charge in [-0.3, -0.25) is 9.59 Å². The van der Waals surface area contributed by atoms with Gasteiger partial charge in [-0.2, -0.15) is 0 Å². The first-order chi connectivity index (χ1) is 14.9. The lowest BCUT2D eigenvalue weighted by Crippen LogP contribution is -2.32. The standard InChI is InChI=1S/C23H26N2O4S2/c1-2-20-23(27)25-19-14-16(10-11-21(19)30-20)31(28,29)13-12-22(26)24-18-9-5-7-15-6-3-4-8-17(15)18/h3-4,6,8,10-11,14,18,20H,2,5,7,9,12-13H2,1H3,(H,24,26)(H,25,27)/t18-,20+/m1/s1. The number of anilines is 1. The van der Waals surface area contributed by atoms with Crippen LogP contribution in [0.25, 0.3) is 0 Å². The molecule has 2 amide bonds. The maximum Gasteiger partial charge on any atom is 0.237 e. The number of carbonyl (C=O) groups excluding carboxylic acids is 2. The molecule has 2 aromatic carbocycles. The summed E-state index contributed by atoms with van der Waals surface area (Å²) >= 11 is 1.45. The van der Waals surface area contributed by atoms with Crippen LogP contribution in [0.2, 0.25) is 0 Å². The average molecular weight is 459 g/mol. The van der Waals surface area contributed by atoms with Crippen molar-refractivity contribution in [1.29, 1.82) is 0 Å². The van der Waals surface area contributed by atoms with Gasteiger partial charge < -0.3 is 10.6 Å². The third kappa shape index (κ3) is 4.80. The summed E-state index contributed by atoms with van der Waals surface area (Å²) in [5.41, 5.74) is 2.88. The smallest absolute Gasteiger partial charge is 0.237 e. The molecular formula is C23H26N2O4S2. The van der Waals surface area contributed by atoms with Gasteiger partial charge in [-0.15, -0.1) is 11.8 Å². The lowest BCUT2D eigenvalue weighted by Gasteiger charge is -2.26. The summed E-state index contributed by atoms with van der Waals surface area (Å²) in [6.45, 7) is 1.94. The van der Waals surface area contributed by atoms with E-state index >= 15 is 0 Å². The molecule has 0 unspecified atom stereocenters. The molecule has 31 heavy (non-hydrogen) atoms. The Balaban J connectivity index is 1.40. The molecule has 0 radical (unpaired) electrons. The second-order valence-corrected chi connectivity index (χ2v) is 11.3. The second-order valence-electron chi connectivity index (χ2n) is 7.94. The van der Waals surface area contributed by atoms with Crippen molar-refractivity contribution in [3.63, 3.8) is 0 Å². The third-order valence-electron chi connectivity index (χ3n) is 5.80. The summed E-state index contributed by atoms with van der Waals surface area (Å²) in [4.78, 5) is 25.6. The molecule has 2 N–H and O–H groups in total. The minimum Gasteiger partial charge on any atom is -0.349 e. The van der Waals surface area contributed by atoms with E-state index in [1.54, 1.807) is 12.1 Å². The monoisotopic (exact) mass is 458 g/mol. The van der Waals surface area contributed by atoms with E-state index in [1.807, 2.05) is 25.1 Å². The molecule has 1 aliphatic heterocycles. The number of thioether (sulfide) groups is 1. The van der Waals surface area contributed by atoms with Crippen LogP contribution in [-0.4, -0.2) is 31.2 Å². The van der Waals surface area contributed by atoms with E-state index in [2.05, 4.69) is 16.7 Å². The molecule has 4 rings (SSSR count). The lowest BCUT2D eigenvalue weighted by molar-refractivity contribution is -0.121. The van der Waals surface area contributed by atoms with Crippen molar-refractivity contribution in [1.82, 2.24) is 5.32 Å². The van der Waals surface area contributed by atoms with Crippen LogP contribution in [0.1, 0.15) is 49.8 Å². The van der Waals surface area contributed by atoms with Gasteiger partial charge in [0.15, 0.2) is 9.84 Å². The summed E-state index contributed by atoms with van der Waals surface area (Å²) in [5.74, 6) is -0.649. The number of amides is 2. The van der Waals surface area contributed by atoms with Crippen LogP contribution < -0.4 is 10.6 Å². The number of hydrogen-bond donors (Lipinski definition) is 2. The molecule has 0 saturated heterocycles. The summed E-state index contributed by atoms with van der Waals surface area (Å²) in [6, 6.07) is 12.8. The fourth-order valence-corrected chi connectivity index (χ4v) is 6.39. The first-order valence-corrected chi connectivity index (χ1v) is 13.1. The fourth-order valence-electron chi connectivity index (χ4n) is 4.11. The second kappa shape index (κ2) is 9.04. The van der Waals surface area contributed by atoms with Gasteiger partial charge in [0.2, 0.25) is 11.8 Å². The number of aryl methyl sites for hydroxylation is 1. The molecule has 8 heteroatoms. The van der Waals surface area contributed by atoms with Crippen LogP contribution in [0.4, 0.5) is 5.69 Å². The van der Waals surface area contributed by atoms with Crippen molar-refractivity contribution < 1.29 is 18.0 Å². The van der Waals surface area contributed by atoms with Crippen molar-refractivity contribution >= 4 is 39.1 Å². The quantitative estimate of drug-likeness (QED) is 0.686. The lowest BCUT2D eigenvalue weighted by atomic mass is 9.88. The van der Waals surface area contributed by atoms with Gasteiger partial charge in [-0.25, -0.2) is 8.42 Å². The highest BCUT2D eigenvalue weighted by molar-refractivity contribution is 8.01. The average Bonchev–Trinajstić information content (AvgIpc) is 2.77. The fraction of sp³-hybridized carbons (Fsp3) is 0.391. The summed E-state index contributed by atoms with van der Waals surface area (Å²) in [7, 11) is -3.65. The SMILES string of the molecule is CC[C@@H]1Sc2ccc(S(=O)(=O)CCC(=O)N[C@@H]3CCCc4ccccc43)cc2NC1=O.